The van der Waals surface area contributed by atoms with Gasteiger partial charge < -0.3 is 20.4 Å². The van der Waals surface area contributed by atoms with E-state index in [0.29, 0.717) is 23.4 Å². The van der Waals surface area contributed by atoms with E-state index in [4.69, 9.17) is 16.6 Å². The van der Waals surface area contributed by atoms with Crippen molar-refractivity contribution in [2.75, 3.05) is 30.3 Å². The van der Waals surface area contributed by atoms with Crippen LogP contribution < -0.4 is 16.0 Å². The Morgan fingerprint density at radius 2 is 2.00 bits per heavy atom. The Bertz CT molecular complexity index is 1220. The number of nitrogens with zero attached hydrogens (tertiary/aromatic N) is 5. The van der Waals surface area contributed by atoms with Gasteiger partial charge in [0.15, 0.2) is 5.65 Å². The number of aromatic nitrogens is 5. The Balaban J connectivity index is 1.40. The molecule has 3 N–H and O–H groups in total. The summed E-state index contributed by atoms with van der Waals surface area (Å²) in [6.07, 6.45) is 8.17. The van der Waals surface area contributed by atoms with Crippen molar-refractivity contribution >= 4 is 34.5 Å². The lowest BCUT2D eigenvalue weighted by Gasteiger charge is -2.23. The molecule has 1 aliphatic heterocycles. The van der Waals surface area contributed by atoms with Gasteiger partial charge in [-0.3, -0.25) is 0 Å². The van der Waals surface area contributed by atoms with Gasteiger partial charge in [0, 0.05) is 30.6 Å². The normalized spacial score (nSPS) is 15.1. The highest BCUT2D eigenvalue weighted by molar-refractivity contribution is 6.30. The molecule has 1 aliphatic rings. The molecular weight excluding hydrogens is 424 g/mol. The number of nitrogens with one attached hydrogen (secondary N) is 3. The predicted molar refractivity (Wildman–Crippen MR) is 129 cm³/mol. The van der Waals surface area contributed by atoms with E-state index < -0.39 is 0 Å². The molecule has 0 saturated carbocycles. The summed E-state index contributed by atoms with van der Waals surface area (Å²) in [4.78, 5) is 9.58. The Labute approximate surface area is 192 Å². The number of hydrogen-bond acceptors (Lipinski definition) is 6. The fraction of sp³-hybridized carbons (Fsp3) is 0.435. The zero-order valence-electron chi connectivity index (χ0n) is 18.5. The molecule has 1 saturated heterocycles. The van der Waals surface area contributed by atoms with Crippen LogP contribution in [0.1, 0.15) is 43.9 Å². The molecule has 5 rings (SSSR count). The summed E-state index contributed by atoms with van der Waals surface area (Å²) in [6.45, 7) is 8.03. The van der Waals surface area contributed by atoms with E-state index in [1.807, 2.05) is 45.7 Å². The van der Waals surface area contributed by atoms with Crippen molar-refractivity contribution in [1.29, 1.82) is 0 Å². The van der Waals surface area contributed by atoms with Crippen molar-refractivity contribution in [3.63, 3.8) is 0 Å². The topological polar surface area (TPSA) is 83.6 Å². The minimum atomic E-state index is 0.343. The first-order valence-electron chi connectivity index (χ1n) is 11.3. The molecule has 168 valence electrons. The van der Waals surface area contributed by atoms with E-state index >= 15 is 0 Å². The summed E-state index contributed by atoms with van der Waals surface area (Å²) in [5.74, 6) is 2.79. The number of pyridine rings is 1. The lowest BCUT2D eigenvalue weighted by atomic mass is 9.98. The zero-order chi connectivity index (χ0) is 22.1. The molecule has 0 aliphatic carbocycles. The Morgan fingerprint density at radius 3 is 2.81 bits per heavy atom. The summed E-state index contributed by atoms with van der Waals surface area (Å²) >= 11 is 6.10. The highest BCUT2D eigenvalue weighted by Gasteiger charge is 2.16. The minimum absolute atomic E-state index is 0.343. The predicted octanol–water partition coefficient (Wildman–Crippen LogP) is 4.18. The van der Waals surface area contributed by atoms with Crippen molar-refractivity contribution < 1.29 is 0 Å². The van der Waals surface area contributed by atoms with Crippen LogP contribution in [0.5, 0.6) is 0 Å². The van der Waals surface area contributed by atoms with Gasteiger partial charge in [0.05, 0.1) is 23.5 Å². The molecule has 1 fully saturated rings. The number of halogens is 1. The third-order valence-corrected chi connectivity index (χ3v) is 6.29. The van der Waals surface area contributed by atoms with Gasteiger partial charge in [-0.05, 0) is 49.9 Å². The second-order valence-corrected chi connectivity index (χ2v) is 9.23. The summed E-state index contributed by atoms with van der Waals surface area (Å²) in [5, 5.41) is 15.8. The average molecular weight is 453 g/mol. The zero-order valence-corrected chi connectivity index (χ0v) is 19.2. The van der Waals surface area contributed by atoms with E-state index in [2.05, 4.69) is 39.9 Å². The average Bonchev–Trinajstić information content (AvgIpc) is 3.40. The summed E-state index contributed by atoms with van der Waals surface area (Å²) in [5.41, 5.74) is 3.83. The third-order valence-electron chi connectivity index (χ3n) is 6.07. The summed E-state index contributed by atoms with van der Waals surface area (Å²) in [6, 6.07) is 5.81. The molecule has 4 aromatic heterocycles. The van der Waals surface area contributed by atoms with E-state index in [9.17, 15) is 0 Å². The van der Waals surface area contributed by atoms with Gasteiger partial charge in [0.1, 0.15) is 17.3 Å². The first-order valence-corrected chi connectivity index (χ1v) is 11.6. The maximum absolute atomic E-state index is 6.10. The second-order valence-electron chi connectivity index (χ2n) is 8.79. The molecule has 0 atom stereocenters. The van der Waals surface area contributed by atoms with Gasteiger partial charge >= 0.3 is 0 Å². The first-order chi connectivity index (χ1) is 15.6. The molecule has 9 heteroatoms. The fourth-order valence-electron chi connectivity index (χ4n) is 4.22. The van der Waals surface area contributed by atoms with Crippen molar-refractivity contribution in [2.24, 2.45) is 5.92 Å². The Kier molecular flexibility index (Phi) is 5.89. The third kappa shape index (κ3) is 4.38. The van der Waals surface area contributed by atoms with Crippen molar-refractivity contribution in [3.8, 4) is 0 Å². The van der Waals surface area contributed by atoms with Crippen LogP contribution in [0.2, 0.25) is 5.02 Å². The maximum Gasteiger partial charge on any atom is 0.163 e. The number of piperidine rings is 1. The monoisotopic (exact) mass is 452 g/mol. The van der Waals surface area contributed by atoms with Crippen LogP contribution >= 0.6 is 11.6 Å². The van der Waals surface area contributed by atoms with Crippen LogP contribution in [0.3, 0.4) is 0 Å². The molecular formula is C23H29ClN8. The number of anilines is 2. The van der Waals surface area contributed by atoms with Gasteiger partial charge in [-0.2, -0.15) is 9.61 Å². The first kappa shape index (κ1) is 21.0. The lowest BCUT2D eigenvalue weighted by molar-refractivity contribution is 0.389. The number of fused-ring (bicyclic) bond motifs is 2. The number of imidazole rings is 1. The van der Waals surface area contributed by atoms with Crippen LogP contribution in [0, 0.1) is 5.92 Å². The smallest absolute Gasteiger partial charge is 0.163 e. The van der Waals surface area contributed by atoms with Crippen molar-refractivity contribution in [3.05, 3.63) is 53.1 Å². The van der Waals surface area contributed by atoms with Crippen molar-refractivity contribution in [2.45, 2.75) is 39.2 Å². The Hall–Kier alpha value is -2.84. The fourth-order valence-corrected chi connectivity index (χ4v) is 4.39. The van der Waals surface area contributed by atoms with Gasteiger partial charge in [-0.15, -0.1) is 0 Å². The van der Waals surface area contributed by atoms with E-state index in [1.54, 1.807) is 0 Å². The van der Waals surface area contributed by atoms with E-state index in [-0.39, 0.29) is 0 Å². The van der Waals surface area contributed by atoms with E-state index in [1.165, 1.54) is 12.8 Å². The molecule has 0 spiro atoms. The quantitative estimate of drug-likeness (QED) is 0.390. The number of hydrogen-bond donors (Lipinski definition) is 3. The van der Waals surface area contributed by atoms with Crippen molar-refractivity contribution in [1.82, 2.24) is 29.3 Å². The molecule has 0 radical (unpaired) electrons. The van der Waals surface area contributed by atoms with Crippen LogP contribution in [-0.2, 0) is 6.54 Å². The van der Waals surface area contributed by atoms with Crippen LogP contribution in [-0.4, -0.2) is 43.6 Å². The standard InChI is InChI=1S/C23H29ClN8/c1-15(2)19-12-28-32-22(27-11-18-14-31-13-17(24)3-4-21(31)29-18)9-20(30-23(19)32)26-10-16-5-7-25-8-6-16/h3-4,9,12-16,25,27H,5-8,10-11H2,1-2H3,(H,26,30). The second kappa shape index (κ2) is 8.96. The molecule has 4 aromatic rings. The molecule has 0 bridgehead atoms. The van der Waals surface area contributed by atoms with Gasteiger partial charge in [0.25, 0.3) is 0 Å². The van der Waals surface area contributed by atoms with Gasteiger partial charge in [-0.1, -0.05) is 25.4 Å². The molecule has 0 unspecified atom stereocenters. The van der Waals surface area contributed by atoms with Gasteiger partial charge in [0.2, 0.25) is 0 Å². The van der Waals surface area contributed by atoms with Crippen LogP contribution in [0.15, 0.2) is 36.8 Å². The number of rotatable bonds is 7. The molecule has 5 heterocycles. The summed E-state index contributed by atoms with van der Waals surface area (Å²) < 4.78 is 3.83. The highest BCUT2D eigenvalue weighted by Crippen LogP contribution is 2.25. The minimum Gasteiger partial charge on any atom is -0.370 e. The molecule has 0 amide bonds. The Morgan fingerprint density at radius 1 is 1.16 bits per heavy atom. The maximum atomic E-state index is 6.10. The SMILES string of the molecule is CC(C)c1cnn2c(NCc3cn4cc(Cl)ccc4n3)cc(NCC3CCNCC3)nc12. The van der Waals surface area contributed by atoms with Gasteiger partial charge in [-0.25, -0.2) is 9.97 Å². The largest absolute Gasteiger partial charge is 0.370 e. The lowest BCUT2D eigenvalue weighted by Crippen LogP contribution is -2.31. The molecule has 8 nitrogen and oxygen atoms in total. The van der Waals surface area contributed by atoms with Crippen LogP contribution in [0.4, 0.5) is 11.6 Å². The van der Waals surface area contributed by atoms with Crippen LogP contribution in [0.25, 0.3) is 11.3 Å². The van der Waals surface area contributed by atoms with E-state index in [0.717, 1.165) is 53.8 Å². The highest BCUT2D eigenvalue weighted by atomic mass is 35.5. The molecule has 0 aromatic carbocycles. The molecule has 32 heavy (non-hydrogen) atoms. The summed E-state index contributed by atoms with van der Waals surface area (Å²) in [7, 11) is 0.